The van der Waals surface area contributed by atoms with Crippen molar-refractivity contribution < 1.29 is 27.4 Å². The maximum absolute atomic E-state index is 12.2. The molecule has 106 valence electrons. The van der Waals surface area contributed by atoms with Gasteiger partial charge >= 0.3 is 12.3 Å². The van der Waals surface area contributed by atoms with Gasteiger partial charge in [-0.2, -0.15) is 5.26 Å². The zero-order chi connectivity index (χ0) is 15.2. The fourth-order valence-corrected chi connectivity index (χ4v) is 1.32. The highest BCUT2D eigenvalue weighted by Gasteiger charge is 2.31. The number of carbonyl (C=O) groups is 1. The number of esters is 1. The molecule has 0 fully saturated rings. The van der Waals surface area contributed by atoms with Crippen LogP contribution in [0.2, 0.25) is 0 Å². The molecule has 1 aromatic carbocycles. The zero-order valence-corrected chi connectivity index (χ0v) is 10.4. The highest BCUT2D eigenvalue weighted by Crippen LogP contribution is 2.27. The molecule has 0 aliphatic rings. The fourth-order valence-electron chi connectivity index (χ4n) is 1.32. The third kappa shape index (κ3) is 4.65. The molecule has 1 aromatic rings. The molecule has 0 radical (unpaired) electrons. The standard InChI is InChI=1S/C13H10F3NO3/c1-2-19-12(18)10(8-17)7-9-5-3-4-6-11(9)20-13(14,15)16/h3-7H,2H2,1H3/b10-7-. The van der Waals surface area contributed by atoms with Crippen LogP contribution < -0.4 is 4.74 Å². The number of benzene rings is 1. The molecule has 0 amide bonds. The summed E-state index contributed by atoms with van der Waals surface area (Å²) in [5.74, 6) is -1.41. The predicted octanol–water partition coefficient (Wildman–Crippen LogP) is 3.06. The second-order valence-electron chi connectivity index (χ2n) is 3.48. The first kappa shape index (κ1) is 15.6. The largest absolute Gasteiger partial charge is 0.573 e. The van der Waals surface area contributed by atoms with Crippen LogP contribution in [-0.2, 0) is 9.53 Å². The second-order valence-corrected chi connectivity index (χ2v) is 3.48. The van der Waals surface area contributed by atoms with Crippen LogP contribution >= 0.6 is 0 Å². The number of hydrogen-bond donors (Lipinski definition) is 0. The van der Waals surface area contributed by atoms with Gasteiger partial charge in [-0.25, -0.2) is 4.79 Å². The maximum Gasteiger partial charge on any atom is 0.573 e. The van der Waals surface area contributed by atoms with Crippen LogP contribution in [0.3, 0.4) is 0 Å². The summed E-state index contributed by atoms with van der Waals surface area (Å²) in [6.07, 6.45) is -3.88. The van der Waals surface area contributed by atoms with Gasteiger partial charge in [0.2, 0.25) is 0 Å². The monoisotopic (exact) mass is 285 g/mol. The summed E-state index contributed by atoms with van der Waals surface area (Å²) < 4.78 is 45.1. The first-order valence-corrected chi connectivity index (χ1v) is 5.51. The molecule has 20 heavy (non-hydrogen) atoms. The van der Waals surface area contributed by atoms with E-state index in [-0.39, 0.29) is 12.2 Å². The van der Waals surface area contributed by atoms with Gasteiger partial charge in [-0.15, -0.1) is 13.2 Å². The van der Waals surface area contributed by atoms with Gasteiger partial charge in [0.15, 0.2) is 0 Å². The number of carbonyl (C=O) groups excluding carboxylic acids is 1. The van der Waals surface area contributed by atoms with E-state index in [0.717, 1.165) is 12.1 Å². The van der Waals surface area contributed by atoms with E-state index in [2.05, 4.69) is 9.47 Å². The van der Waals surface area contributed by atoms with E-state index < -0.39 is 23.7 Å². The number of nitrogens with zero attached hydrogens (tertiary/aromatic N) is 1. The Morgan fingerprint density at radius 3 is 2.60 bits per heavy atom. The molecule has 0 aromatic heterocycles. The SMILES string of the molecule is CCOC(=O)/C(C#N)=C\c1ccccc1OC(F)(F)F. The summed E-state index contributed by atoms with van der Waals surface area (Å²) >= 11 is 0. The highest BCUT2D eigenvalue weighted by molar-refractivity contribution is 5.98. The maximum atomic E-state index is 12.2. The predicted molar refractivity (Wildman–Crippen MR) is 63.3 cm³/mol. The molecule has 1 rings (SSSR count). The quantitative estimate of drug-likeness (QED) is 0.484. The Bertz CT molecular complexity index is 559. The highest BCUT2D eigenvalue weighted by atomic mass is 19.4. The van der Waals surface area contributed by atoms with Crippen molar-refractivity contribution >= 4 is 12.0 Å². The second kappa shape index (κ2) is 6.61. The summed E-state index contributed by atoms with van der Waals surface area (Å²) in [5, 5.41) is 8.83. The molecule has 0 aliphatic heterocycles. The molecule has 7 heteroatoms. The molecule has 0 unspecified atom stereocenters. The van der Waals surface area contributed by atoms with E-state index in [4.69, 9.17) is 5.26 Å². The lowest BCUT2D eigenvalue weighted by molar-refractivity contribution is -0.274. The van der Waals surface area contributed by atoms with Gasteiger partial charge in [0, 0.05) is 5.56 Å². The number of halogens is 3. The number of alkyl halides is 3. The van der Waals surface area contributed by atoms with Crippen LogP contribution in [0.1, 0.15) is 12.5 Å². The molecule has 4 nitrogen and oxygen atoms in total. The van der Waals surface area contributed by atoms with Crippen molar-refractivity contribution in [1.29, 1.82) is 5.26 Å². The number of hydrogen-bond acceptors (Lipinski definition) is 4. The Morgan fingerprint density at radius 1 is 1.40 bits per heavy atom. The van der Waals surface area contributed by atoms with Gasteiger partial charge in [0.25, 0.3) is 0 Å². The van der Waals surface area contributed by atoms with Crippen molar-refractivity contribution in [1.82, 2.24) is 0 Å². The van der Waals surface area contributed by atoms with E-state index in [1.165, 1.54) is 18.2 Å². The fraction of sp³-hybridized carbons (Fsp3) is 0.231. The lowest BCUT2D eigenvalue weighted by Gasteiger charge is -2.11. The number of para-hydroxylation sites is 1. The summed E-state index contributed by atoms with van der Waals surface area (Å²) in [5.41, 5.74) is -0.459. The average molecular weight is 285 g/mol. The van der Waals surface area contributed by atoms with Gasteiger partial charge in [0.05, 0.1) is 6.61 Å². The summed E-state index contributed by atoms with van der Waals surface area (Å²) in [6, 6.07) is 6.74. The first-order chi connectivity index (χ1) is 9.37. The van der Waals surface area contributed by atoms with Crippen molar-refractivity contribution in [3.05, 3.63) is 35.4 Å². The lowest BCUT2D eigenvalue weighted by Crippen LogP contribution is -2.17. The smallest absolute Gasteiger partial charge is 0.462 e. The van der Waals surface area contributed by atoms with E-state index in [1.807, 2.05) is 0 Å². The Balaban J connectivity index is 3.13. The van der Waals surface area contributed by atoms with Crippen LogP contribution in [-0.4, -0.2) is 18.9 Å². The van der Waals surface area contributed by atoms with E-state index in [9.17, 15) is 18.0 Å². The van der Waals surface area contributed by atoms with Crippen LogP contribution in [0.15, 0.2) is 29.8 Å². The van der Waals surface area contributed by atoms with Gasteiger partial charge in [0.1, 0.15) is 17.4 Å². The molecule has 0 saturated heterocycles. The molecule has 0 spiro atoms. The summed E-state index contributed by atoms with van der Waals surface area (Å²) in [6.45, 7) is 1.60. The Labute approximate surface area is 113 Å². The number of rotatable bonds is 4. The summed E-state index contributed by atoms with van der Waals surface area (Å²) in [7, 11) is 0. The molecule has 0 heterocycles. The number of ether oxygens (including phenoxy) is 2. The van der Waals surface area contributed by atoms with E-state index in [0.29, 0.717) is 0 Å². The Hall–Kier alpha value is -2.49. The minimum Gasteiger partial charge on any atom is -0.462 e. The zero-order valence-electron chi connectivity index (χ0n) is 10.4. The Morgan fingerprint density at radius 2 is 2.05 bits per heavy atom. The van der Waals surface area contributed by atoms with Crippen molar-refractivity contribution in [2.75, 3.05) is 6.61 Å². The lowest BCUT2D eigenvalue weighted by atomic mass is 10.1. The van der Waals surface area contributed by atoms with Crippen LogP contribution in [0, 0.1) is 11.3 Å². The minimum absolute atomic E-state index is 0.0468. The van der Waals surface area contributed by atoms with Crippen molar-refractivity contribution in [3.63, 3.8) is 0 Å². The minimum atomic E-state index is -4.86. The molecule has 0 saturated carbocycles. The Kier molecular flexibility index (Phi) is 5.15. The molecule has 0 bridgehead atoms. The molecular weight excluding hydrogens is 275 g/mol. The topological polar surface area (TPSA) is 59.3 Å². The molecule has 0 atom stereocenters. The van der Waals surface area contributed by atoms with Crippen LogP contribution in [0.4, 0.5) is 13.2 Å². The van der Waals surface area contributed by atoms with E-state index >= 15 is 0 Å². The van der Waals surface area contributed by atoms with Crippen molar-refractivity contribution in [2.24, 2.45) is 0 Å². The van der Waals surface area contributed by atoms with E-state index in [1.54, 1.807) is 13.0 Å². The van der Waals surface area contributed by atoms with Gasteiger partial charge in [-0.3, -0.25) is 0 Å². The summed E-state index contributed by atoms with van der Waals surface area (Å²) in [4.78, 5) is 11.4. The van der Waals surface area contributed by atoms with Gasteiger partial charge < -0.3 is 9.47 Å². The van der Waals surface area contributed by atoms with Gasteiger partial charge in [-0.05, 0) is 19.1 Å². The number of nitriles is 1. The third-order valence-corrected chi connectivity index (χ3v) is 2.06. The van der Waals surface area contributed by atoms with Crippen LogP contribution in [0.5, 0.6) is 5.75 Å². The van der Waals surface area contributed by atoms with Crippen molar-refractivity contribution in [3.8, 4) is 11.8 Å². The van der Waals surface area contributed by atoms with Crippen molar-refractivity contribution in [2.45, 2.75) is 13.3 Å². The normalized spacial score (nSPS) is 11.7. The van der Waals surface area contributed by atoms with Crippen LogP contribution in [0.25, 0.3) is 6.08 Å². The molecule has 0 N–H and O–H groups in total. The molecule has 0 aliphatic carbocycles. The van der Waals surface area contributed by atoms with Gasteiger partial charge in [-0.1, -0.05) is 18.2 Å². The first-order valence-electron chi connectivity index (χ1n) is 5.51. The average Bonchev–Trinajstić information content (AvgIpc) is 2.36. The molecular formula is C13H10F3NO3. The third-order valence-electron chi connectivity index (χ3n) is 2.06.